The SMILES string of the molecule is CC/C=C\C/C=C\C/C=C\C/C=C\C/C=C\CCCCCCCC(=O)OC(COCCCC/C=C\C/C=C\C/C=C\C/C=C\C/C=C\CC)COP(=O)(O)OC1C(O)C(O)C(O)C(O)C1O. The fraction of sp³-hybridized carbons (Fsp3) is 0.604. The van der Waals surface area contributed by atoms with E-state index < -0.39 is 63.1 Å². The molecule has 0 aromatic rings. The van der Waals surface area contributed by atoms with E-state index in [0.717, 1.165) is 116 Å². The quantitative estimate of drug-likeness (QED) is 0.0148. The smallest absolute Gasteiger partial charge is 0.457 e. The average Bonchev–Trinajstić information content (AvgIpc) is 3.30. The van der Waals surface area contributed by atoms with Gasteiger partial charge >= 0.3 is 13.8 Å². The van der Waals surface area contributed by atoms with Crippen molar-refractivity contribution in [2.75, 3.05) is 19.8 Å². The molecule has 1 saturated carbocycles. The fourth-order valence-electron chi connectivity index (χ4n) is 6.52. The van der Waals surface area contributed by atoms with E-state index in [2.05, 4.69) is 135 Å². The molecule has 6 unspecified atom stereocenters. The van der Waals surface area contributed by atoms with E-state index in [1.165, 1.54) is 0 Å². The van der Waals surface area contributed by atoms with Crippen LogP contribution in [-0.2, 0) is 27.9 Å². The maximum atomic E-state index is 12.8. The Bertz CT molecular complexity index is 1540. The van der Waals surface area contributed by atoms with E-state index in [1.54, 1.807) is 0 Å². The molecule has 0 bridgehead atoms. The number of allylic oxidation sites excluding steroid dienone is 20. The minimum atomic E-state index is -5.05. The van der Waals surface area contributed by atoms with Crippen molar-refractivity contribution in [3.63, 3.8) is 0 Å². The second-order valence-corrected chi connectivity index (χ2v) is 17.6. The first-order valence-corrected chi connectivity index (χ1v) is 25.9. The number of rotatable bonds is 39. The monoisotopic (exact) mass is 945 g/mol. The Labute approximate surface area is 397 Å². The van der Waals surface area contributed by atoms with Gasteiger partial charge in [-0.3, -0.25) is 13.8 Å². The van der Waals surface area contributed by atoms with Crippen LogP contribution < -0.4 is 0 Å². The van der Waals surface area contributed by atoms with E-state index in [4.69, 9.17) is 18.5 Å². The van der Waals surface area contributed by atoms with Crippen LogP contribution in [0.5, 0.6) is 0 Å². The van der Waals surface area contributed by atoms with E-state index in [1.807, 2.05) is 0 Å². The lowest BCUT2D eigenvalue weighted by Gasteiger charge is -2.41. The molecular formula is C53H85O12P. The number of phosphoric acid groups is 1. The molecule has 66 heavy (non-hydrogen) atoms. The van der Waals surface area contributed by atoms with Crippen molar-refractivity contribution in [2.45, 2.75) is 185 Å². The van der Waals surface area contributed by atoms with Gasteiger partial charge < -0.3 is 39.9 Å². The first-order valence-electron chi connectivity index (χ1n) is 24.4. The first kappa shape index (κ1) is 60.8. The predicted octanol–water partition coefficient (Wildman–Crippen LogP) is 10.6. The highest BCUT2D eigenvalue weighted by atomic mass is 31.2. The van der Waals surface area contributed by atoms with Crippen LogP contribution in [-0.4, -0.2) is 98.9 Å². The van der Waals surface area contributed by atoms with Crippen LogP contribution in [0.3, 0.4) is 0 Å². The topological polar surface area (TPSA) is 192 Å². The highest BCUT2D eigenvalue weighted by Gasteiger charge is 2.51. The number of carbonyl (C=O) groups is 1. The summed E-state index contributed by atoms with van der Waals surface area (Å²) < 4.78 is 34.2. The van der Waals surface area contributed by atoms with Crippen LogP contribution in [0.2, 0.25) is 0 Å². The van der Waals surface area contributed by atoms with Gasteiger partial charge in [0.15, 0.2) is 0 Å². The van der Waals surface area contributed by atoms with Gasteiger partial charge in [-0.25, -0.2) is 4.57 Å². The molecule has 1 aliphatic carbocycles. The molecule has 1 fully saturated rings. The Hall–Kier alpha value is -3.26. The van der Waals surface area contributed by atoms with Crippen molar-refractivity contribution < 1.29 is 58.3 Å². The minimum absolute atomic E-state index is 0.124. The lowest BCUT2D eigenvalue weighted by molar-refractivity contribution is -0.220. The Morgan fingerprint density at radius 1 is 0.485 bits per heavy atom. The van der Waals surface area contributed by atoms with Gasteiger partial charge in [0.1, 0.15) is 42.7 Å². The van der Waals surface area contributed by atoms with Crippen LogP contribution in [0.25, 0.3) is 0 Å². The Balaban J connectivity index is 2.44. The standard InChI is InChI=1S/C53H85O12P/c1-3-5-7-9-11-13-15-17-19-21-23-24-25-26-28-30-32-34-36-38-40-42-47(54)64-46(45-63-66(60,61)65-53-51(58)49(56)48(55)50(57)52(53)59)44-62-43-41-39-37-35-33-31-29-27-22-20-18-16-14-12-10-8-6-4-2/h5-8,11-14,17-20,23-24,26-29,33,35,46,48-53,55-59H,3-4,9-10,15-16,21-22,25,30-32,34,36-45H2,1-2H3,(H,60,61)/b7-5-,8-6-,13-11-,14-12-,19-17-,20-18-,24-23-,28-26-,29-27-,35-33-. The second kappa shape index (κ2) is 41.9. The van der Waals surface area contributed by atoms with Gasteiger partial charge in [0, 0.05) is 13.0 Å². The highest BCUT2D eigenvalue weighted by molar-refractivity contribution is 7.47. The summed E-state index contributed by atoms with van der Waals surface area (Å²) in [7, 11) is -5.05. The number of carbonyl (C=O) groups excluding carboxylic acids is 1. The molecule has 1 aliphatic rings. The van der Waals surface area contributed by atoms with Crippen LogP contribution >= 0.6 is 7.82 Å². The van der Waals surface area contributed by atoms with Gasteiger partial charge in [0.05, 0.1) is 13.2 Å². The molecule has 13 heteroatoms. The molecule has 0 aliphatic heterocycles. The largest absolute Gasteiger partial charge is 0.472 e. The van der Waals surface area contributed by atoms with Gasteiger partial charge in [0.2, 0.25) is 0 Å². The van der Waals surface area contributed by atoms with Crippen molar-refractivity contribution in [1.29, 1.82) is 0 Å². The molecule has 0 aromatic heterocycles. The van der Waals surface area contributed by atoms with Gasteiger partial charge in [-0.1, -0.05) is 155 Å². The van der Waals surface area contributed by atoms with Gasteiger partial charge in [-0.15, -0.1) is 0 Å². The van der Waals surface area contributed by atoms with Crippen molar-refractivity contribution in [3.05, 3.63) is 122 Å². The second-order valence-electron chi connectivity index (χ2n) is 16.2. The van der Waals surface area contributed by atoms with Crippen LogP contribution in [0, 0.1) is 0 Å². The van der Waals surface area contributed by atoms with E-state index >= 15 is 0 Å². The zero-order valence-corrected chi connectivity index (χ0v) is 40.8. The first-order chi connectivity index (χ1) is 32.0. The number of aliphatic hydroxyl groups excluding tert-OH is 5. The number of ether oxygens (including phenoxy) is 2. The van der Waals surface area contributed by atoms with Crippen molar-refractivity contribution in [1.82, 2.24) is 0 Å². The summed E-state index contributed by atoms with van der Waals surface area (Å²) in [4.78, 5) is 23.2. The predicted molar refractivity (Wildman–Crippen MR) is 266 cm³/mol. The van der Waals surface area contributed by atoms with Crippen LogP contribution in [0.4, 0.5) is 0 Å². The van der Waals surface area contributed by atoms with Crippen molar-refractivity contribution in [2.24, 2.45) is 0 Å². The molecule has 12 nitrogen and oxygen atoms in total. The van der Waals surface area contributed by atoms with E-state index in [0.29, 0.717) is 13.0 Å². The highest BCUT2D eigenvalue weighted by Crippen LogP contribution is 2.47. The normalized spacial score (nSPS) is 22.5. The molecule has 0 saturated heterocycles. The number of hydrogen-bond acceptors (Lipinski definition) is 11. The van der Waals surface area contributed by atoms with Gasteiger partial charge in [-0.05, 0) is 103 Å². The Morgan fingerprint density at radius 3 is 1.29 bits per heavy atom. The van der Waals surface area contributed by atoms with Gasteiger partial charge in [-0.2, -0.15) is 0 Å². The molecule has 0 spiro atoms. The number of aliphatic hydroxyl groups is 5. The summed E-state index contributed by atoms with van der Waals surface area (Å²) in [6.45, 7) is 3.89. The number of hydrogen-bond donors (Lipinski definition) is 6. The zero-order valence-electron chi connectivity index (χ0n) is 39.9. The molecule has 6 atom stereocenters. The van der Waals surface area contributed by atoms with E-state index in [9.17, 15) is 39.8 Å². The molecule has 0 aromatic carbocycles. The van der Waals surface area contributed by atoms with E-state index in [-0.39, 0.29) is 13.0 Å². The molecule has 0 radical (unpaired) electrons. The summed E-state index contributed by atoms with van der Waals surface area (Å²) in [6, 6.07) is 0. The Morgan fingerprint density at radius 2 is 0.848 bits per heavy atom. The molecule has 6 N–H and O–H groups in total. The number of phosphoric ester groups is 1. The molecular weight excluding hydrogens is 860 g/mol. The summed E-state index contributed by atoms with van der Waals surface area (Å²) in [6.07, 6.45) is 48.3. The van der Waals surface area contributed by atoms with Crippen LogP contribution in [0.1, 0.15) is 142 Å². The van der Waals surface area contributed by atoms with Gasteiger partial charge in [0.25, 0.3) is 0 Å². The molecule has 0 heterocycles. The minimum Gasteiger partial charge on any atom is -0.457 e. The third-order valence-electron chi connectivity index (χ3n) is 10.3. The zero-order chi connectivity index (χ0) is 48.4. The summed E-state index contributed by atoms with van der Waals surface area (Å²) in [5.41, 5.74) is 0. The summed E-state index contributed by atoms with van der Waals surface area (Å²) >= 11 is 0. The molecule has 374 valence electrons. The lowest BCUT2D eigenvalue weighted by Crippen LogP contribution is -2.64. The molecule has 1 rings (SSSR count). The maximum absolute atomic E-state index is 12.8. The average molecular weight is 945 g/mol. The maximum Gasteiger partial charge on any atom is 0.472 e. The van der Waals surface area contributed by atoms with Crippen molar-refractivity contribution in [3.8, 4) is 0 Å². The Kier molecular flexibility index (Phi) is 38.6. The third kappa shape index (κ3) is 33.3. The summed E-state index contributed by atoms with van der Waals surface area (Å²) in [5.74, 6) is -0.517. The van der Waals surface area contributed by atoms with Crippen LogP contribution in [0.15, 0.2) is 122 Å². The molecule has 0 amide bonds. The lowest BCUT2D eigenvalue weighted by atomic mass is 9.85. The third-order valence-corrected chi connectivity index (χ3v) is 11.3. The fourth-order valence-corrected chi connectivity index (χ4v) is 7.50. The number of esters is 1. The van der Waals surface area contributed by atoms with Crippen molar-refractivity contribution >= 4 is 13.8 Å². The number of unbranched alkanes of at least 4 members (excludes halogenated alkanes) is 7. The summed E-state index contributed by atoms with van der Waals surface area (Å²) in [5, 5.41) is 50.3.